The number of benzene rings is 1. The van der Waals surface area contributed by atoms with Crippen LogP contribution in [-0.2, 0) is 9.53 Å². The van der Waals surface area contributed by atoms with E-state index in [0.717, 1.165) is 55.7 Å². The molecule has 9 heteroatoms. The van der Waals surface area contributed by atoms with Crippen molar-refractivity contribution in [2.75, 3.05) is 45.0 Å². The SMILES string of the molecule is COc1ccc2c(c1)/C(=N/C(=S)NN=C1CCCCC1)C(=O)N2CN1CCOCC1. The van der Waals surface area contributed by atoms with E-state index in [1.807, 2.05) is 18.2 Å². The summed E-state index contributed by atoms with van der Waals surface area (Å²) in [7, 11) is 1.60. The zero-order valence-corrected chi connectivity index (χ0v) is 18.0. The lowest BCUT2D eigenvalue weighted by atomic mass is 9.99. The molecule has 1 aromatic carbocycles. The van der Waals surface area contributed by atoms with Gasteiger partial charge in [-0.15, -0.1) is 0 Å². The Bertz CT molecular complexity index is 871. The van der Waals surface area contributed by atoms with E-state index in [0.29, 0.717) is 31.3 Å². The minimum atomic E-state index is -0.167. The number of anilines is 1. The number of hydrazone groups is 1. The number of rotatable bonds is 4. The van der Waals surface area contributed by atoms with Gasteiger partial charge in [-0.05, 0) is 56.1 Å². The summed E-state index contributed by atoms with van der Waals surface area (Å²) in [6.07, 6.45) is 5.53. The van der Waals surface area contributed by atoms with Gasteiger partial charge in [0.15, 0.2) is 0 Å². The highest BCUT2D eigenvalue weighted by Crippen LogP contribution is 2.33. The molecule has 4 rings (SSSR count). The summed E-state index contributed by atoms with van der Waals surface area (Å²) in [6, 6.07) is 5.59. The van der Waals surface area contributed by atoms with Crippen LogP contribution >= 0.6 is 12.2 Å². The van der Waals surface area contributed by atoms with Crippen LogP contribution in [0, 0.1) is 0 Å². The fourth-order valence-electron chi connectivity index (χ4n) is 3.94. The Morgan fingerprint density at radius 2 is 2.00 bits per heavy atom. The van der Waals surface area contributed by atoms with Gasteiger partial charge in [0.2, 0.25) is 5.11 Å². The summed E-state index contributed by atoms with van der Waals surface area (Å²) in [4.78, 5) is 21.6. The van der Waals surface area contributed by atoms with E-state index in [2.05, 4.69) is 20.4 Å². The number of aliphatic imine (C=N–C) groups is 1. The number of methoxy groups -OCH3 is 1. The zero-order valence-electron chi connectivity index (χ0n) is 17.2. The average molecular weight is 430 g/mol. The van der Waals surface area contributed by atoms with Crippen molar-refractivity contribution < 1.29 is 14.3 Å². The van der Waals surface area contributed by atoms with Gasteiger partial charge in [-0.25, -0.2) is 4.99 Å². The minimum Gasteiger partial charge on any atom is -0.497 e. The highest BCUT2D eigenvalue weighted by atomic mass is 32.1. The second-order valence-electron chi connectivity index (χ2n) is 7.60. The summed E-state index contributed by atoms with van der Waals surface area (Å²) in [5.41, 5.74) is 5.82. The molecular weight excluding hydrogens is 402 g/mol. The first kappa shape index (κ1) is 20.9. The lowest BCUT2D eigenvalue weighted by Crippen LogP contribution is -2.46. The van der Waals surface area contributed by atoms with Crippen molar-refractivity contribution in [1.82, 2.24) is 10.3 Å². The van der Waals surface area contributed by atoms with Gasteiger partial charge in [-0.1, -0.05) is 6.42 Å². The highest BCUT2D eigenvalue weighted by molar-refractivity contribution is 7.80. The van der Waals surface area contributed by atoms with Crippen LogP contribution in [0.25, 0.3) is 0 Å². The molecule has 1 amide bonds. The third-order valence-electron chi connectivity index (χ3n) is 5.60. The largest absolute Gasteiger partial charge is 0.497 e. The van der Waals surface area contributed by atoms with Gasteiger partial charge in [-0.2, -0.15) is 5.10 Å². The first-order chi connectivity index (χ1) is 14.7. The van der Waals surface area contributed by atoms with Gasteiger partial charge in [0.1, 0.15) is 11.5 Å². The number of morpholine rings is 1. The van der Waals surface area contributed by atoms with Crippen LogP contribution in [0.2, 0.25) is 0 Å². The molecular formula is C21H27N5O3S. The molecule has 0 spiro atoms. The fourth-order valence-corrected chi connectivity index (χ4v) is 4.07. The van der Waals surface area contributed by atoms with Crippen LogP contribution < -0.4 is 15.1 Å². The molecule has 1 N–H and O–H groups in total. The second-order valence-corrected chi connectivity index (χ2v) is 7.99. The van der Waals surface area contributed by atoms with Crippen molar-refractivity contribution in [2.24, 2.45) is 10.1 Å². The summed E-state index contributed by atoms with van der Waals surface area (Å²) in [5.74, 6) is 0.503. The number of fused-ring (bicyclic) bond motifs is 1. The highest BCUT2D eigenvalue weighted by Gasteiger charge is 2.35. The standard InChI is InChI=1S/C21H27N5O3S/c1-28-16-7-8-18-17(13-16)19(20(27)26(18)14-25-9-11-29-12-10-25)22-21(30)24-23-15-5-3-2-4-6-15/h7-8,13H,2-6,9-12,14H2,1H3,(H,24,30)/b22-19-. The molecule has 1 aromatic rings. The molecule has 0 unspecified atom stereocenters. The van der Waals surface area contributed by atoms with E-state index in [9.17, 15) is 4.79 Å². The van der Waals surface area contributed by atoms with E-state index in [4.69, 9.17) is 21.7 Å². The number of thiocarbonyl (C=S) groups is 1. The summed E-state index contributed by atoms with van der Waals surface area (Å²) >= 11 is 5.37. The van der Waals surface area contributed by atoms with E-state index >= 15 is 0 Å². The van der Waals surface area contributed by atoms with Crippen LogP contribution in [0.1, 0.15) is 37.7 Å². The number of carbonyl (C=O) groups is 1. The van der Waals surface area contributed by atoms with Gasteiger partial charge in [0.25, 0.3) is 5.91 Å². The first-order valence-corrected chi connectivity index (χ1v) is 10.8. The molecule has 160 valence electrons. The molecule has 0 atom stereocenters. The maximum absolute atomic E-state index is 13.3. The normalized spacial score (nSPS) is 21.0. The van der Waals surface area contributed by atoms with Crippen molar-refractivity contribution >= 4 is 40.3 Å². The van der Waals surface area contributed by atoms with Gasteiger partial charge < -0.3 is 9.47 Å². The molecule has 1 saturated heterocycles. The van der Waals surface area contributed by atoms with Crippen molar-refractivity contribution in [3.8, 4) is 5.75 Å². The lowest BCUT2D eigenvalue weighted by Gasteiger charge is -2.30. The third-order valence-corrected chi connectivity index (χ3v) is 5.78. The topological polar surface area (TPSA) is 78.8 Å². The Morgan fingerprint density at radius 3 is 2.73 bits per heavy atom. The maximum atomic E-state index is 13.3. The Morgan fingerprint density at radius 1 is 1.23 bits per heavy atom. The Balaban J connectivity index is 1.56. The smallest absolute Gasteiger partial charge is 0.278 e. The molecule has 8 nitrogen and oxygen atoms in total. The van der Waals surface area contributed by atoms with Gasteiger partial charge >= 0.3 is 0 Å². The van der Waals surface area contributed by atoms with Crippen LogP contribution in [0.15, 0.2) is 28.3 Å². The van der Waals surface area contributed by atoms with Crippen LogP contribution in [-0.4, -0.2) is 67.4 Å². The first-order valence-electron chi connectivity index (χ1n) is 10.4. The van der Waals surface area contributed by atoms with Gasteiger partial charge in [-0.3, -0.25) is 20.0 Å². The third kappa shape index (κ3) is 4.69. The van der Waals surface area contributed by atoms with Crippen molar-refractivity contribution in [3.63, 3.8) is 0 Å². The predicted octanol–water partition coefficient (Wildman–Crippen LogP) is 2.32. The molecule has 2 heterocycles. The molecule has 30 heavy (non-hydrogen) atoms. The monoisotopic (exact) mass is 429 g/mol. The van der Waals surface area contributed by atoms with Crippen molar-refractivity contribution in [2.45, 2.75) is 32.1 Å². The second kappa shape index (κ2) is 9.63. The van der Waals surface area contributed by atoms with Gasteiger partial charge in [0.05, 0.1) is 32.7 Å². The van der Waals surface area contributed by atoms with Crippen LogP contribution in [0.5, 0.6) is 5.75 Å². The number of ether oxygens (including phenoxy) is 2. The summed E-state index contributed by atoms with van der Waals surface area (Å²) < 4.78 is 10.8. The Kier molecular flexibility index (Phi) is 6.71. The van der Waals surface area contributed by atoms with Crippen molar-refractivity contribution in [1.29, 1.82) is 0 Å². The number of amides is 1. The molecule has 0 bridgehead atoms. The molecule has 3 aliphatic rings. The molecule has 2 aliphatic heterocycles. The van der Waals surface area contributed by atoms with Crippen LogP contribution in [0.4, 0.5) is 5.69 Å². The van der Waals surface area contributed by atoms with E-state index < -0.39 is 0 Å². The molecule has 1 saturated carbocycles. The Labute approximate surface area is 181 Å². The predicted molar refractivity (Wildman–Crippen MR) is 121 cm³/mol. The molecule has 0 aromatic heterocycles. The quantitative estimate of drug-likeness (QED) is 0.585. The fraction of sp³-hybridized carbons (Fsp3) is 0.524. The number of carbonyl (C=O) groups excluding carboxylic acids is 1. The summed E-state index contributed by atoms with van der Waals surface area (Å²) in [5, 5.41) is 4.59. The van der Waals surface area contributed by atoms with E-state index in [-0.39, 0.29) is 11.0 Å². The molecule has 0 radical (unpaired) electrons. The van der Waals surface area contributed by atoms with E-state index in [1.165, 1.54) is 6.42 Å². The van der Waals surface area contributed by atoms with Crippen LogP contribution in [0.3, 0.4) is 0 Å². The Hall–Kier alpha value is -2.36. The molecule has 1 aliphatic carbocycles. The zero-order chi connectivity index (χ0) is 20.9. The number of hydrogen-bond acceptors (Lipinski definition) is 6. The number of nitrogens with zero attached hydrogens (tertiary/aromatic N) is 4. The average Bonchev–Trinajstić information content (AvgIpc) is 3.04. The number of hydrogen-bond donors (Lipinski definition) is 1. The molecule has 2 fully saturated rings. The summed E-state index contributed by atoms with van der Waals surface area (Å²) in [6.45, 7) is 3.42. The minimum absolute atomic E-state index is 0.167. The lowest BCUT2D eigenvalue weighted by molar-refractivity contribution is -0.112. The van der Waals surface area contributed by atoms with E-state index in [1.54, 1.807) is 12.0 Å². The maximum Gasteiger partial charge on any atom is 0.278 e. The number of nitrogens with one attached hydrogen (secondary N) is 1. The van der Waals surface area contributed by atoms with Crippen molar-refractivity contribution in [3.05, 3.63) is 23.8 Å². The van der Waals surface area contributed by atoms with Gasteiger partial charge in [0, 0.05) is 24.4 Å².